The van der Waals surface area contributed by atoms with Gasteiger partial charge >= 0.3 is 5.69 Å². The van der Waals surface area contributed by atoms with Crippen molar-refractivity contribution in [2.75, 3.05) is 5.73 Å². The molecule has 0 aliphatic heterocycles. The van der Waals surface area contributed by atoms with Crippen LogP contribution in [-0.2, 0) is 13.0 Å². The quantitative estimate of drug-likeness (QED) is 0.346. The molecule has 0 radical (unpaired) electrons. The van der Waals surface area contributed by atoms with Gasteiger partial charge < -0.3 is 16.0 Å². The number of aromatic amines is 2. The molecule has 168 valence electrons. The summed E-state index contributed by atoms with van der Waals surface area (Å²) in [4.78, 5) is 40.0. The minimum atomic E-state index is -0.803. The number of anilines is 1. The number of benzene rings is 2. The molecule has 1 amide bonds. The van der Waals surface area contributed by atoms with E-state index in [1.807, 2.05) is 71.4 Å². The van der Waals surface area contributed by atoms with Crippen molar-refractivity contribution in [2.45, 2.75) is 25.9 Å². The molecule has 0 fully saturated rings. The number of carbonyl (C=O) groups excluding carboxylic acids is 1. The van der Waals surface area contributed by atoms with Crippen molar-refractivity contribution in [1.29, 1.82) is 0 Å². The van der Waals surface area contributed by atoms with E-state index in [9.17, 15) is 14.4 Å². The number of H-pyrrole nitrogens is 2. The summed E-state index contributed by atoms with van der Waals surface area (Å²) >= 11 is 0. The maximum atomic E-state index is 12.6. The van der Waals surface area contributed by atoms with Crippen molar-refractivity contribution in [3.63, 3.8) is 0 Å². The topological polar surface area (TPSA) is 139 Å². The number of aryl methyl sites for hydroxylation is 2. The Bertz CT molecular complexity index is 1390. The molecule has 5 N–H and O–H groups in total. The van der Waals surface area contributed by atoms with E-state index >= 15 is 0 Å². The standard InChI is InChI=1S/C24H24N6O3/c1-15(27-23(32)21-20(25)22(31)29-24(33)28-21)17-8-5-9-18(12-17)19-13-26-30(14-19)11-10-16-6-3-2-4-7-16/h2-9,12-15H,10-11,25H2,1H3,(H,27,32)(H2,28,29,31,33)/t15-/m1/s1. The number of hydrogen-bond donors (Lipinski definition) is 4. The highest BCUT2D eigenvalue weighted by Gasteiger charge is 2.17. The van der Waals surface area contributed by atoms with Crippen LogP contribution in [0.15, 0.2) is 76.6 Å². The lowest BCUT2D eigenvalue weighted by Gasteiger charge is -2.15. The Morgan fingerprint density at radius 3 is 2.67 bits per heavy atom. The molecule has 0 spiro atoms. The molecular weight excluding hydrogens is 420 g/mol. The van der Waals surface area contributed by atoms with Gasteiger partial charge in [-0.1, -0.05) is 48.5 Å². The first-order valence-corrected chi connectivity index (χ1v) is 10.5. The number of aromatic nitrogens is 4. The van der Waals surface area contributed by atoms with Crippen molar-refractivity contribution in [3.05, 3.63) is 105 Å². The fraction of sp³-hybridized carbons (Fsp3) is 0.167. The third-order valence-electron chi connectivity index (χ3n) is 5.38. The molecule has 2 aromatic carbocycles. The predicted octanol–water partition coefficient (Wildman–Crippen LogP) is 2.24. The Labute approximate surface area is 189 Å². The molecule has 9 heteroatoms. The first-order chi connectivity index (χ1) is 15.9. The smallest absolute Gasteiger partial charge is 0.326 e. The average molecular weight is 444 g/mol. The van der Waals surface area contributed by atoms with Gasteiger partial charge in [0.2, 0.25) is 0 Å². The third kappa shape index (κ3) is 5.09. The number of hydrogen-bond acceptors (Lipinski definition) is 5. The maximum absolute atomic E-state index is 12.6. The zero-order chi connectivity index (χ0) is 23.4. The fourth-order valence-electron chi connectivity index (χ4n) is 3.54. The molecular formula is C24H24N6O3. The number of nitrogens with zero attached hydrogens (tertiary/aromatic N) is 2. The molecule has 0 aliphatic carbocycles. The van der Waals surface area contributed by atoms with E-state index in [-0.39, 0.29) is 11.4 Å². The van der Waals surface area contributed by atoms with Gasteiger partial charge in [0.1, 0.15) is 11.4 Å². The molecule has 4 aromatic rings. The van der Waals surface area contributed by atoms with Gasteiger partial charge in [0.05, 0.1) is 12.2 Å². The summed E-state index contributed by atoms with van der Waals surface area (Å²) in [7, 11) is 0. The highest BCUT2D eigenvalue weighted by Crippen LogP contribution is 2.23. The zero-order valence-corrected chi connectivity index (χ0v) is 18.0. The second-order valence-electron chi connectivity index (χ2n) is 7.75. The second kappa shape index (κ2) is 9.39. The van der Waals surface area contributed by atoms with Gasteiger partial charge in [0.15, 0.2) is 0 Å². The van der Waals surface area contributed by atoms with Crippen molar-refractivity contribution < 1.29 is 4.79 Å². The lowest BCUT2D eigenvalue weighted by Crippen LogP contribution is -2.34. The van der Waals surface area contributed by atoms with E-state index in [0.717, 1.165) is 29.7 Å². The SMILES string of the molecule is C[C@@H](NC(=O)c1[nH]c(=O)[nH]c(=O)c1N)c1cccc(-c2cnn(CCc3ccccc3)c2)c1. The van der Waals surface area contributed by atoms with Gasteiger partial charge in [-0.25, -0.2) is 4.79 Å². The molecule has 4 rings (SSSR count). The molecule has 0 bridgehead atoms. The van der Waals surface area contributed by atoms with Crippen LogP contribution in [0.1, 0.15) is 34.6 Å². The first kappa shape index (κ1) is 21.8. The Morgan fingerprint density at radius 2 is 1.88 bits per heavy atom. The van der Waals surface area contributed by atoms with E-state index in [1.54, 1.807) is 0 Å². The second-order valence-corrected chi connectivity index (χ2v) is 7.75. The summed E-state index contributed by atoms with van der Waals surface area (Å²) in [5.74, 6) is -0.637. The van der Waals surface area contributed by atoms with Gasteiger partial charge in [-0.3, -0.25) is 19.3 Å². The van der Waals surface area contributed by atoms with Gasteiger partial charge in [0, 0.05) is 18.3 Å². The molecule has 0 aliphatic rings. The van der Waals surface area contributed by atoms with E-state index < -0.39 is 23.2 Å². The molecule has 9 nitrogen and oxygen atoms in total. The Kier molecular flexibility index (Phi) is 6.21. The third-order valence-corrected chi connectivity index (χ3v) is 5.38. The lowest BCUT2D eigenvalue weighted by molar-refractivity contribution is 0.0935. The Hall–Kier alpha value is -4.40. The van der Waals surface area contributed by atoms with Crippen LogP contribution < -0.4 is 22.3 Å². The van der Waals surface area contributed by atoms with Crippen LogP contribution in [0.5, 0.6) is 0 Å². The van der Waals surface area contributed by atoms with Gasteiger partial charge in [-0.05, 0) is 36.1 Å². The average Bonchev–Trinajstić information content (AvgIpc) is 3.30. The van der Waals surface area contributed by atoms with E-state index in [1.165, 1.54) is 5.56 Å². The number of nitrogen functional groups attached to an aromatic ring is 1. The summed E-state index contributed by atoms with van der Waals surface area (Å²) in [6, 6.07) is 17.6. The minimum Gasteiger partial charge on any atom is -0.392 e. The van der Waals surface area contributed by atoms with Crippen LogP contribution in [0, 0.1) is 0 Å². The van der Waals surface area contributed by atoms with Crippen molar-refractivity contribution >= 4 is 11.6 Å². The molecule has 0 saturated heterocycles. The summed E-state index contributed by atoms with van der Waals surface area (Å²) in [5, 5.41) is 7.23. The lowest BCUT2D eigenvalue weighted by atomic mass is 10.0. The van der Waals surface area contributed by atoms with Gasteiger partial charge in [-0.15, -0.1) is 0 Å². The molecule has 0 saturated carbocycles. The maximum Gasteiger partial charge on any atom is 0.326 e. The number of nitrogens with one attached hydrogen (secondary N) is 3. The molecule has 33 heavy (non-hydrogen) atoms. The van der Waals surface area contributed by atoms with Crippen molar-refractivity contribution in [3.8, 4) is 11.1 Å². The highest BCUT2D eigenvalue weighted by molar-refractivity contribution is 5.97. The summed E-state index contributed by atoms with van der Waals surface area (Å²) in [5.41, 5.74) is 7.49. The Morgan fingerprint density at radius 1 is 1.09 bits per heavy atom. The number of nitrogens with two attached hydrogens (primary N) is 1. The molecule has 2 aromatic heterocycles. The highest BCUT2D eigenvalue weighted by atomic mass is 16.2. The monoisotopic (exact) mass is 444 g/mol. The van der Waals surface area contributed by atoms with E-state index in [2.05, 4.69) is 27.5 Å². The summed E-state index contributed by atoms with van der Waals surface area (Å²) < 4.78 is 1.91. The van der Waals surface area contributed by atoms with Crippen LogP contribution in [0.2, 0.25) is 0 Å². The predicted molar refractivity (Wildman–Crippen MR) is 126 cm³/mol. The Balaban J connectivity index is 1.47. The summed E-state index contributed by atoms with van der Waals surface area (Å²) in [6.07, 6.45) is 4.70. The number of carbonyl (C=O) groups is 1. The number of rotatable bonds is 7. The van der Waals surface area contributed by atoms with Gasteiger partial charge in [0.25, 0.3) is 11.5 Å². The molecule has 0 unspecified atom stereocenters. The minimum absolute atomic E-state index is 0.258. The van der Waals surface area contributed by atoms with E-state index in [4.69, 9.17) is 5.73 Å². The fourth-order valence-corrected chi connectivity index (χ4v) is 3.54. The van der Waals surface area contributed by atoms with Crippen LogP contribution in [0.25, 0.3) is 11.1 Å². The largest absolute Gasteiger partial charge is 0.392 e. The van der Waals surface area contributed by atoms with E-state index in [0.29, 0.717) is 0 Å². The first-order valence-electron chi connectivity index (χ1n) is 10.5. The van der Waals surface area contributed by atoms with Gasteiger partial charge in [-0.2, -0.15) is 5.10 Å². The normalized spacial score (nSPS) is 11.8. The molecule has 1 atom stereocenters. The van der Waals surface area contributed by atoms with Crippen LogP contribution in [-0.4, -0.2) is 25.7 Å². The molecule has 2 heterocycles. The number of amides is 1. The van der Waals surface area contributed by atoms with Crippen molar-refractivity contribution in [1.82, 2.24) is 25.1 Å². The van der Waals surface area contributed by atoms with Crippen molar-refractivity contribution in [2.24, 2.45) is 0 Å². The van der Waals surface area contributed by atoms with Crippen LogP contribution in [0.4, 0.5) is 5.69 Å². The van der Waals surface area contributed by atoms with Crippen LogP contribution in [0.3, 0.4) is 0 Å². The zero-order valence-electron chi connectivity index (χ0n) is 18.0. The summed E-state index contributed by atoms with van der Waals surface area (Å²) in [6.45, 7) is 2.58. The van der Waals surface area contributed by atoms with Crippen LogP contribution >= 0.6 is 0 Å².